The van der Waals surface area contributed by atoms with Gasteiger partial charge in [-0.15, -0.1) is 0 Å². The number of rotatable bonds is 6. The Kier molecular flexibility index (Phi) is 5.56. The number of hydrogen-bond donors (Lipinski definition) is 1. The van der Waals surface area contributed by atoms with Gasteiger partial charge in [0.2, 0.25) is 0 Å². The Morgan fingerprint density at radius 3 is 2.67 bits per heavy atom. The van der Waals surface area contributed by atoms with Gasteiger partial charge in [0.15, 0.2) is 0 Å². The molecule has 2 atom stereocenters. The third kappa shape index (κ3) is 3.68. The van der Waals surface area contributed by atoms with E-state index in [1.54, 1.807) is 12.1 Å². The maximum Gasteiger partial charge on any atom is 0.273 e. The van der Waals surface area contributed by atoms with Crippen molar-refractivity contribution in [2.75, 3.05) is 6.54 Å². The molecule has 5 heteroatoms. The molecular weight excluding hydrogens is 252 g/mol. The fourth-order valence-corrected chi connectivity index (χ4v) is 2.06. The van der Waals surface area contributed by atoms with E-state index >= 15 is 0 Å². The first-order valence-electron chi connectivity index (χ1n) is 6.14. The molecule has 100 valence electrons. The Bertz CT molecular complexity index is 423. The first kappa shape index (κ1) is 14.9. The van der Waals surface area contributed by atoms with Gasteiger partial charge in [0.25, 0.3) is 5.69 Å². The van der Waals surface area contributed by atoms with Crippen LogP contribution in [0.4, 0.5) is 5.69 Å². The Labute approximate surface area is 112 Å². The highest BCUT2D eigenvalue weighted by Gasteiger charge is 2.23. The standard InChI is InChI=1S/C13H19ClN2O2/c1-4-7-15-10(3)9(2)12-8-11(14)5-6-13(12)16(17)18/h5-6,8-10,15H,4,7H2,1-3H3. The van der Waals surface area contributed by atoms with Crippen molar-refractivity contribution < 1.29 is 4.92 Å². The second kappa shape index (κ2) is 6.71. The average Bonchev–Trinajstić information content (AvgIpc) is 2.34. The van der Waals surface area contributed by atoms with Crippen LogP contribution in [0, 0.1) is 10.1 Å². The van der Waals surface area contributed by atoms with Gasteiger partial charge in [-0.25, -0.2) is 0 Å². The number of nitrogens with one attached hydrogen (secondary N) is 1. The average molecular weight is 271 g/mol. The summed E-state index contributed by atoms with van der Waals surface area (Å²) in [5.74, 6) is 0.0376. The Morgan fingerprint density at radius 1 is 1.44 bits per heavy atom. The number of halogens is 1. The molecule has 1 aromatic carbocycles. The SMILES string of the molecule is CCCNC(C)C(C)c1cc(Cl)ccc1[N+](=O)[O-]. The van der Waals surface area contributed by atoms with Crippen LogP contribution in [-0.2, 0) is 0 Å². The first-order valence-corrected chi connectivity index (χ1v) is 6.52. The van der Waals surface area contributed by atoms with Crippen LogP contribution in [-0.4, -0.2) is 17.5 Å². The normalized spacial score (nSPS) is 14.2. The predicted molar refractivity (Wildman–Crippen MR) is 74.3 cm³/mol. The van der Waals surface area contributed by atoms with Crippen molar-refractivity contribution in [2.45, 2.75) is 39.2 Å². The first-order chi connectivity index (χ1) is 8.47. The molecule has 0 bridgehead atoms. The van der Waals surface area contributed by atoms with Gasteiger partial charge in [-0.2, -0.15) is 0 Å². The number of hydrogen-bond acceptors (Lipinski definition) is 3. The Hall–Kier alpha value is -1.13. The van der Waals surface area contributed by atoms with Crippen molar-refractivity contribution in [2.24, 2.45) is 0 Å². The van der Waals surface area contributed by atoms with Gasteiger partial charge in [-0.3, -0.25) is 10.1 Å². The maximum absolute atomic E-state index is 11.0. The lowest BCUT2D eigenvalue weighted by Gasteiger charge is -2.21. The molecular formula is C13H19ClN2O2. The van der Waals surface area contributed by atoms with Crippen molar-refractivity contribution in [3.63, 3.8) is 0 Å². The van der Waals surface area contributed by atoms with E-state index in [1.165, 1.54) is 6.07 Å². The summed E-state index contributed by atoms with van der Waals surface area (Å²) >= 11 is 5.93. The summed E-state index contributed by atoms with van der Waals surface area (Å²) in [6.45, 7) is 7.00. The van der Waals surface area contributed by atoms with E-state index in [1.807, 2.05) is 13.8 Å². The van der Waals surface area contributed by atoms with E-state index in [9.17, 15) is 10.1 Å². The van der Waals surface area contributed by atoms with Gasteiger partial charge >= 0.3 is 0 Å². The van der Waals surface area contributed by atoms with Gasteiger partial charge in [-0.1, -0.05) is 25.4 Å². The molecule has 1 aromatic rings. The van der Waals surface area contributed by atoms with Crippen LogP contribution >= 0.6 is 11.6 Å². The van der Waals surface area contributed by atoms with Crippen LogP contribution in [0.25, 0.3) is 0 Å². The van der Waals surface area contributed by atoms with Crippen LogP contribution in [0.2, 0.25) is 5.02 Å². The molecule has 2 unspecified atom stereocenters. The molecule has 0 aliphatic carbocycles. The highest BCUT2D eigenvalue weighted by atomic mass is 35.5. The van der Waals surface area contributed by atoms with Crippen molar-refractivity contribution in [1.82, 2.24) is 5.32 Å². The van der Waals surface area contributed by atoms with Crippen LogP contribution < -0.4 is 5.32 Å². The lowest BCUT2D eigenvalue weighted by Crippen LogP contribution is -2.31. The molecule has 1 rings (SSSR count). The third-order valence-corrected chi connectivity index (χ3v) is 3.38. The lowest BCUT2D eigenvalue weighted by molar-refractivity contribution is -0.385. The number of nitro benzene ring substituents is 1. The van der Waals surface area contributed by atoms with Gasteiger partial charge in [0.1, 0.15) is 0 Å². The van der Waals surface area contributed by atoms with Crippen molar-refractivity contribution in [3.8, 4) is 0 Å². The number of nitrogens with zero attached hydrogens (tertiary/aromatic N) is 1. The maximum atomic E-state index is 11.0. The second-order valence-corrected chi connectivity index (χ2v) is 4.93. The minimum absolute atomic E-state index is 0.0376. The number of nitro groups is 1. The summed E-state index contributed by atoms with van der Waals surface area (Å²) in [5.41, 5.74) is 0.820. The molecule has 0 heterocycles. The highest BCUT2D eigenvalue weighted by Crippen LogP contribution is 2.31. The lowest BCUT2D eigenvalue weighted by atomic mass is 9.93. The van der Waals surface area contributed by atoms with E-state index in [2.05, 4.69) is 12.2 Å². The van der Waals surface area contributed by atoms with Crippen molar-refractivity contribution in [1.29, 1.82) is 0 Å². The summed E-state index contributed by atoms with van der Waals surface area (Å²) in [6, 6.07) is 4.89. The van der Waals surface area contributed by atoms with E-state index < -0.39 is 0 Å². The molecule has 4 nitrogen and oxygen atoms in total. The van der Waals surface area contributed by atoms with Gasteiger partial charge < -0.3 is 5.32 Å². The molecule has 1 N–H and O–H groups in total. The molecule has 0 aliphatic rings. The summed E-state index contributed by atoms with van der Waals surface area (Å²) in [5, 5.41) is 14.9. The smallest absolute Gasteiger partial charge is 0.273 e. The van der Waals surface area contributed by atoms with E-state index in [-0.39, 0.29) is 22.6 Å². The van der Waals surface area contributed by atoms with Gasteiger partial charge in [0, 0.05) is 28.6 Å². The minimum Gasteiger partial charge on any atom is -0.314 e. The van der Waals surface area contributed by atoms with Gasteiger partial charge in [-0.05, 0) is 32.0 Å². The zero-order valence-corrected chi connectivity index (χ0v) is 11.7. The Balaban J connectivity index is 2.99. The summed E-state index contributed by atoms with van der Waals surface area (Å²) < 4.78 is 0. The van der Waals surface area contributed by atoms with Crippen molar-refractivity contribution in [3.05, 3.63) is 38.9 Å². The Morgan fingerprint density at radius 2 is 2.11 bits per heavy atom. The van der Waals surface area contributed by atoms with Crippen LogP contribution in [0.1, 0.15) is 38.7 Å². The largest absolute Gasteiger partial charge is 0.314 e. The van der Waals surface area contributed by atoms with Gasteiger partial charge in [0.05, 0.1) is 4.92 Å². The topological polar surface area (TPSA) is 55.2 Å². The van der Waals surface area contributed by atoms with Crippen molar-refractivity contribution >= 4 is 17.3 Å². The van der Waals surface area contributed by atoms with Crippen LogP contribution in [0.5, 0.6) is 0 Å². The molecule has 18 heavy (non-hydrogen) atoms. The molecule has 0 fully saturated rings. The molecule has 0 saturated heterocycles. The quantitative estimate of drug-likeness (QED) is 0.633. The summed E-state index contributed by atoms with van der Waals surface area (Å²) in [4.78, 5) is 10.7. The fraction of sp³-hybridized carbons (Fsp3) is 0.538. The molecule has 0 aliphatic heterocycles. The molecule has 0 spiro atoms. The number of benzene rings is 1. The highest BCUT2D eigenvalue weighted by molar-refractivity contribution is 6.30. The molecule has 0 saturated carbocycles. The molecule has 0 amide bonds. The predicted octanol–water partition coefficient (Wildman–Crippen LogP) is 3.74. The second-order valence-electron chi connectivity index (χ2n) is 4.49. The van der Waals surface area contributed by atoms with E-state index in [0.717, 1.165) is 13.0 Å². The van der Waals surface area contributed by atoms with E-state index in [0.29, 0.717) is 10.6 Å². The third-order valence-electron chi connectivity index (χ3n) is 3.14. The summed E-state index contributed by atoms with van der Waals surface area (Å²) in [6.07, 6.45) is 1.04. The van der Waals surface area contributed by atoms with Crippen LogP contribution in [0.3, 0.4) is 0 Å². The van der Waals surface area contributed by atoms with E-state index in [4.69, 9.17) is 11.6 Å². The molecule has 0 aromatic heterocycles. The van der Waals surface area contributed by atoms with Crippen LogP contribution in [0.15, 0.2) is 18.2 Å². The zero-order chi connectivity index (χ0) is 13.7. The summed E-state index contributed by atoms with van der Waals surface area (Å²) in [7, 11) is 0. The fourth-order valence-electron chi connectivity index (χ4n) is 1.87. The monoisotopic (exact) mass is 270 g/mol. The minimum atomic E-state index is -0.352. The zero-order valence-electron chi connectivity index (χ0n) is 10.9. The molecule has 0 radical (unpaired) electrons.